The first kappa shape index (κ1) is 18.2. The molecule has 1 aromatic rings. The maximum absolute atomic E-state index is 11.7. The number of nitrogens with two attached hydrogens (primary N) is 1. The quantitative estimate of drug-likeness (QED) is 0.763. The van der Waals surface area contributed by atoms with E-state index >= 15 is 0 Å². The molecule has 0 radical (unpaired) electrons. The molecule has 27 heavy (non-hydrogen) atoms. The SMILES string of the molecule is COC(=O)c1ccc([C@@H]2[C@@H]3CNCC=C3C(C#N)=C(N)C2(C#N)C#N)cc1. The van der Waals surface area contributed by atoms with E-state index in [2.05, 4.69) is 23.5 Å². The Balaban J connectivity index is 2.22. The standard InChI is InChI=1S/C20H17N5O2/c1-27-19(26)13-4-2-12(3-5-13)17-16-9-25-7-6-14(16)15(8-21)18(24)20(17,10-22)11-23/h2-6,16-17,25H,7,9,24H2,1H3/t16-,17-/m1/s1. The Labute approximate surface area is 156 Å². The Morgan fingerprint density at radius 1 is 1.26 bits per heavy atom. The Bertz CT molecular complexity index is 956. The first-order valence-corrected chi connectivity index (χ1v) is 8.36. The van der Waals surface area contributed by atoms with Crippen molar-refractivity contribution >= 4 is 5.97 Å². The molecule has 0 saturated carbocycles. The Morgan fingerprint density at radius 2 is 1.93 bits per heavy atom. The van der Waals surface area contributed by atoms with E-state index in [0.29, 0.717) is 24.2 Å². The zero-order chi connectivity index (χ0) is 19.6. The number of ether oxygens (including phenoxy) is 1. The van der Waals surface area contributed by atoms with Crippen LogP contribution in [0.2, 0.25) is 0 Å². The molecule has 1 aliphatic heterocycles. The summed E-state index contributed by atoms with van der Waals surface area (Å²) in [5.41, 5.74) is 6.57. The summed E-state index contributed by atoms with van der Waals surface area (Å²) in [5.74, 6) is -1.30. The average Bonchev–Trinajstić information content (AvgIpc) is 2.72. The molecule has 0 amide bonds. The molecule has 3 rings (SSSR count). The molecular formula is C20H17N5O2. The maximum Gasteiger partial charge on any atom is 0.337 e. The first-order valence-electron chi connectivity index (χ1n) is 8.36. The van der Waals surface area contributed by atoms with E-state index in [-0.39, 0.29) is 17.2 Å². The van der Waals surface area contributed by atoms with Gasteiger partial charge in [0.25, 0.3) is 0 Å². The number of nitrogens with one attached hydrogen (secondary N) is 1. The van der Waals surface area contributed by atoms with Crippen molar-refractivity contribution in [3.05, 3.63) is 58.3 Å². The van der Waals surface area contributed by atoms with Crippen molar-refractivity contribution in [2.45, 2.75) is 5.92 Å². The zero-order valence-electron chi connectivity index (χ0n) is 14.7. The van der Waals surface area contributed by atoms with Crippen LogP contribution >= 0.6 is 0 Å². The number of nitriles is 3. The summed E-state index contributed by atoms with van der Waals surface area (Å²) in [6.07, 6.45) is 1.88. The van der Waals surface area contributed by atoms with Crippen molar-refractivity contribution in [1.82, 2.24) is 5.32 Å². The second kappa shape index (κ2) is 6.96. The van der Waals surface area contributed by atoms with E-state index in [4.69, 9.17) is 10.5 Å². The number of carbonyl (C=O) groups excluding carboxylic acids is 1. The van der Waals surface area contributed by atoms with Gasteiger partial charge in [0.1, 0.15) is 6.07 Å². The van der Waals surface area contributed by atoms with Gasteiger partial charge in [-0.1, -0.05) is 18.2 Å². The highest BCUT2D eigenvalue weighted by atomic mass is 16.5. The van der Waals surface area contributed by atoms with Crippen molar-refractivity contribution in [3.8, 4) is 18.2 Å². The predicted octanol–water partition coefficient (Wildman–Crippen LogP) is 1.49. The molecule has 1 aromatic carbocycles. The molecule has 0 spiro atoms. The van der Waals surface area contributed by atoms with Crippen LogP contribution < -0.4 is 11.1 Å². The fourth-order valence-electron chi connectivity index (χ4n) is 3.93. The molecule has 7 heteroatoms. The van der Waals surface area contributed by atoms with Gasteiger partial charge in [-0.15, -0.1) is 0 Å². The fraction of sp³-hybridized carbons (Fsp3) is 0.300. The van der Waals surface area contributed by atoms with Gasteiger partial charge in [0.2, 0.25) is 0 Å². The number of hydrogen-bond donors (Lipinski definition) is 2. The smallest absolute Gasteiger partial charge is 0.337 e. The molecule has 0 bridgehead atoms. The number of hydrogen-bond acceptors (Lipinski definition) is 7. The maximum atomic E-state index is 11.7. The number of benzene rings is 1. The average molecular weight is 359 g/mol. The molecule has 0 aromatic heterocycles. The highest BCUT2D eigenvalue weighted by Crippen LogP contribution is 2.53. The fourth-order valence-corrected chi connectivity index (χ4v) is 3.93. The summed E-state index contributed by atoms with van der Waals surface area (Å²) in [6.45, 7) is 1.10. The molecule has 7 nitrogen and oxygen atoms in total. The minimum absolute atomic E-state index is 0.0126. The van der Waals surface area contributed by atoms with Crippen LogP contribution in [0.5, 0.6) is 0 Å². The minimum atomic E-state index is -1.67. The number of nitrogens with zero attached hydrogens (tertiary/aromatic N) is 3. The lowest BCUT2D eigenvalue weighted by Crippen LogP contribution is -2.46. The molecule has 0 unspecified atom stereocenters. The van der Waals surface area contributed by atoms with E-state index in [0.717, 1.165) is 5.57 Å². The van der Waals surface area contributed by atoms with E-state index in [9.17, 15) is 20.6 Å². The number of esters is 1. The molecule has 2 atom stereocenters. The van der Waals surface area contributed by atoms with Gasteiger partial charge in [-0.05, 0) is 23.3 Å². The highest BCUT2D eigenvalue weighted by Gasteiger charge is 2.53. The normalized spacial score (nSPS) is 23.1. The zero-order valence-corrected chi connectivity index (χ0v) is 14.7. The van der Waals surface area contributed by atoms with E-state index < -0.39 is 17.3 Å². The number of allylic oxidation sites excluding steroid dienone is 2. The van der Waals surface area contributed by atoms with Gasteiger partial charge in [0.15, 0.2) is 5.41 Å². The second-order valence-corrected chi connectivity index (χ2v) is 6.45. The largest absolute Gasteiger partial charge is 0.465 e. The number of methoxy groups -OCH3 is 1. The van der Waals surface area contributed by atoms with E-state index in [1.165, 1.54) is 7.11 Å². The van der Waals surface area contributed by atoms with Crippen molar-refractivity contribution in [1.29, 1.82) is 15.8 Å². The third-order valence-corrected chi connectivity index (χ3v) is 5.24. The predicted molar refractivity (Wildman–Crippen MR) is 95.5 cm³/mol. The third-order valence-electron chi connectivity index (χ3n) is 5.24. The van der Waals surface area contributed by atoms with Gasteiger partial charge in [0, 0.05) is 24.9 Å². The van der Waals surface area contributed by atoms with Gasteiger partial charge < -0.3 is 15.8 Å². The first-order chi connectivity index (χ1) is 13.0. The van der Waals surface area contributed by atoms with Crippen LogP contribution in [0.1, 0.15) is 21.8 Å². The molecule has 1 heterocycles. The van der Waals surface area contributed by atoms with Crippen LogP contribution in [0, 0.1) is 45.3 Å². The molecule has 3 N–H and O–H groups in total. The summed E-state index contributed by atoms with van der Waals surface area (Å²) in [7, 11) is 1.30. The second-order valence-electron chi connectivity index (χ2n) is 6.45. The van der Waals surface area contributed by atoms with E-state index in [1.54, 1.807) is 24.3 Å². The number of carbonyl (C=O) groups is 1. The van der Waals surface area contributed by atoms with Crippen molar-refractivity contribution in [2.24, 2.45) is 17.1 Å². The van der Waals surface area contributed by atoms with Gasteiger partial charge in [0.05, 0.1) is 36.1 Å². The van der Waals surface area contributed by atoms with Gasteiger partial charge in [-0.2, -0.15) is 15.8 Å². The summed E-state index contributed by atoms with van der Waals surface area (Å²) in [5, 5.41) is 32.6. The van der Waals surface area contributed by atoms with Crippen LogP contribution in [0.15, 0.2) is 47.2 Å². The molecule has 1 aliphatic carbocycles. The summed E-state index contributed by atoms with van der Waals surface area (Å²) in [4.78, 5) is 11.7. The third kappa shape index (κ3) is 2.64. The topological polar surface area (TPSA) is 136 Å². The number of rotatable bonds is 2. The minimum Gasteiger partial charge on any atom is -0.465 e. The summed E-state index contributed by atoms with van der Waals surface area (Å²) in [6, 6.07) is 12.8. The molecule has 134 valence electrons. The monoisotopic (exact) mass is 359 g/mol. The molecule has 0 fully saturated rings. The Hall–Kier alpha value is -3.60. The Kier molecular flexibility index (Phi) is 4.69. The van der Waals surface area contributed by atoms with Gasteiger partial charge in [-0.3, -0.25) is 0 Å². The number of fused-ring (bicyclic) bond motifs is 1. The van der Waals surface area contributed by atoms with Crippen molar-refractivity contribution in [3.63, 3.8) is 0 Å². The molecule has 2 aliphatic rings. The van der Waals surface area contributed by atoms with Crippen molar-refractivity contribution < 1.29 is 9.53 Å². The van der Waals surface area contributed by atoms with Crippen LogP contribution in [0.4, 0.5) is 0 Å². The van der Waals surface area contributed by atoms with Gasteiger partial charge in [-0.25, -0.2) is 4.79 Å². The van der Waals surface area contributed by atoms with Crippen LogP contribution in [-0.2, 0) is 4.74 Å². The lowest BCUT2D eigenvalue weighted by Gasteiger charge is -2.43. The van der Waals surface area contributed by atoms with Crippen LogP contribution in [0.3, 0.4) is 0 Å². The molecular weight excluding hydrogens is 342 g/mol. The lowest BCUT2D eigenvalue weighted by molar-refractivity contribution is 0.0600. The van der Waals surface area contributed by atoms with Gasteiger partial charge >= 0.3 is 5.97 Å². The Morgan fingerprint density at radius 3 is 2.48 bits per heavy atom. The van der Waals surface area contributed by atoms with Crippen LogP contribution in [-0.4, -0.2) is 26.2 Å². The van der Waals surface area contributed by atoms with Crippen LogP contribution in [0.25, 0.3) is 0 Å². The van der Waals surface area contributed by atoms with Crippen molar-refractivity contribution in [2.75, 3.05) is 20.2 Å². The lowest BCUT2D eigenvalue weighted by atomic mass is 9.58. The summed E-state index contributed by atoms with van der Waals surface area (Å²) >= 11 is 0. The van der Waals surface area contributed by atoms with E-state index in [1.807, 2.05) is 6.08 Å². The highest BCUT2D eigenvalue weighted by molar-refractivity contribution is 5.89. The summed E-state index contributed by atoms with van der Waals surface area (Å²) < 4.78 is 4.71. The molecule has 0 saturated heterocycles.